The summed E-state index contributed by atoms with van der Waals surface area (Å²) in [5, 5.41) is 12.7. The minimum Gasteiger partial charge on any atom is -0.495 e. The first-order chi connectivity index (χ1) is 15.9. The third kappa shape index (κ3) is 4.37. The van der Waals surface area contributed by atoms with Crippen molar-refractivity contribution in [3.8, 4) is 17.3 Å². The highest BCUT2D eigenvalue weighted by molar-refractivity contribution is 6.30. The second-order valence-corrected chi connectivity index (χ2v) is 8.17. The van der Waals surface area contributed by atoms with Gasteiger partial charge in [-0.3, -0.25) is 14.7 Å². The molecule has 0 radical (unpaired) electrons. The van der Waals surface area contributed by atoms with Gasteiger partial charge in [-0.2, -0.15) is 0 Å². The average molecular weight is 466 g/mol. The third-order valence-electron chi connectivity index (χ3n) is 5.48. The van der Waals surface area contributed by atoms with Crippen LogP contribution in [-0.2, 0) is 0 Å². The molecular formula is C25H24ClN3O4. The van der Waals surface area contributed by atoms with Crippen LogP contribution >= 0.6 is 11.6 Å². The first-order valence-electron chi connectivity index (χ1n) is 10.3. The number of aliphatic imine (C=N–C) groups is 1. The van der Waals surface area contributed by atoms with E-state index in [0.717, 1.165) is 5.76 Å². The van der Waals surface area contributed by atoms with Crippen LogP contribution < -0.4 is 10.3 Å². The second kappa shape index (κ2) is 9.52. The number of hydrogen-bond acceptors (Lipinski definition) is 6. The molecule has 0 fully saturated rings. The van der Waals surface area contributed by atoms with E-state index in [0.29, 0.717) is 39.3 Å². The predicted molar refractivity (Wildman–Crippen MR) is 130 cm³/mol. The summed E-state index contributed by atoms with van der Waals surface area (Å²) >= 11 is 6.19. The number of hydrogen-bond donors (Lipinski definition) is 1. The minimum absolute atomic E-state index is 0.0800. The molecule has 2 aromatic carbocycles. The highest BCUT2D eigenvalue weighted by atomic mass is 35.5. The number of halogens is 1. The lowest BCUT2D eigenvalue weighted by Gasteiger charge is -2.20. The number of ether oxygens (including phenoxy) is 1. The Morgan fingerprint density at radius 3 is 2.61 bits per heavy atom. The lowest BCUT2D eigenvalue weighted by molar-refractivity contribution is 0.265. The van der Waals surface area contributed by atoms with E-state index >= 15 is 0 Å². The molecule has 0 saturated heterocycles. The highest BCUT2D eigenvalue weighted by Crippen LogP contribution is 2.32. The number of benzene rings is 2. The molecule has 2 aromatic heterocycles. The van der Waals surface area contributed by atoms with Crippen molar-refractivity contribution in [1.29, 1.82) is 0 Å². The zero-order valence-corrected chi connectivity index (χ0v) is 19.3. The van der Waals surface area contributed by atoms with Crippen molar-refractivity contribution < 1.29 is 14.3 Å². The van der Waals surface area contributed by atoms with E-state index in [1.807, 2.05) is 37.2 Å². The molecule has 2 heterocycles. The summed E-state index contributed by atoms with van der Waals surface area (Å²) in [5.41, 5.74) is 0.376. The van der Waals surface area contributed by atoms with Crippen molar-refractivity contribution in [1.82, 2.24) is 9.47 Å². The van der Waals surface area contributed by atoms with Crippen LogP contribution in [0.3, 0.4) is 0 Å². The SMILES string of the molecule is COc1ccc(Cl)cc1-n1c(O)c(C=NC[C@H](c2ccco2)N(C)C)c2ccccc2c1=O. The van der Waals surface area contributed by atoms with Gasteiger partial charge in [-0.05, 0) is 50.5 Å². The van der Waals surface area contributed by atoms with Crippen molar-refractivity contribution in [3.63, 3.8) is 0 Å². The topological polar surface area (TPSA) is 80.2 Å². The second-order valence-electron chi connectivity index (χ2n) is 7.73. The highest BCUT2D eigenvalue weighted by Gasteiger charge is 2.20. The number of fused-ring (bicyclic) bond motifs is 1. The van der Waals surface area contributed by atoms with E-state index in [1.54, 1.807) is 48.9 Å². The van der Waals surface area contributed by atoms with E-state index in [4.69, 9.17) is 20.8 Å². The van der Waals surface area contributed by atoms with E-state index in [9.17, 15) is 9.90 Å². The maximum Gasteiger partial charge on any atom is 0.265 e. The van der Waals surface area contributed by atoms with Crippen molar-refractivity contribution in [3.05, 3.63) is 87.6 Å². The fourth-order valence-electron chi connectivity index (χ4n) is 3.78. The molecule has 7 nitrogen and oxygen atoms in total. The molecule has 0 bridgehead atoms. The largest absolute Gasteiger partial charge is 0.495 e. The first kappa shape index (κ1) is 22.6. The Hall–Kier alpha value is -3.55. The fraction of sp³-hybridized carbons (Fsp3) is 0.200. The summed E-state index contributed by atoms with van der Waals surface area (Å²) in [6.07, 6.45) is 3.22. The fourth-order valence-corrected chi connectivity index (χ4v) is 3.95. The Balaban J connectivity index is 1.86. The van der Waals surface area contributed by atoms with Crippen LogP contribution in [0, 0.1) is 0 Å². The van der Waals surface area contributed by atoms with Crippen LogP contribution in [0.1, 0.15) is 17.4 Å². The summed E-state index contributed by atoms with van der Waals surface area (Å²) in [6.45, 7) is 0.397. The standard InChI is InChI=1S/C25H24ClN3O4/c1-28(2)21(23-9-6-12-33-23)15-27-14-19-17-7-4-5-8-18(17)24(30)29(25(19)31)20-13-16(26)10-11-22(20)32-3/h4-14,21,31H,15H2,1-3H3/t21-/m1/s1. The Labute approximate surface area is 196 Å². The van der Waals surface area contributed by atoms with Gasteiger partial charge in [0.1, 0.15) is 11.5 Å². The van der Waals surface area contributed by atoms with Gasteiger partial charge >= 0.3 is 0 Å². The lowest BCUT2D eigenvalue weighted by Crippen LogP contribution is -2.22. The van der Waals surface area contributed by atoms with Gasteiger partial charge in [0.15, 0.2) is 0 Å². The van der Waals surface area contributed by atoms with Crippen molar-refractivity contribution in [2.24, 2.45) is 4.99 Å². The minimum atomic E-state index is -0.387. The molecule has 0 saturated carbocycles. The van der Waals surface area contributed by atoms with Gasteiger partial charge in [0.05, 0.1) is 37.2 Å². The molecule has 8 heteroatoms. The molecule has 0 aliphatic carbocycles. The summed E-state index contributed by atoms with van der Waals surface area (Å²) in [6, 6.07) is 15.6. The molecule has 0 spiro atoms. The maximum atomic E-state index is 13.3. The number of furan rings is 1. The van der Waals surface area contributed by atoms with Gasteiger partial charge in [-0.25, -0.2) is 4.57 Å². The van der Waals surface area contributed by atoms with E-state index in [-0.39, 0.29) is 17.5 Å². The van der Waals surface area contributed by atoms with Crippen molar-refractivity contribution in [2.75, 3.05) is 27.7 Å². The molecule has 0 amide bonds. The molecular weight excluding hydrogens is 442 g/mol. The number of pyridine rings is 1. The van der Waals surface area contributed by atoms with Gasteiger partial charge < -0.3 is 14.3 Å². The number of aromatic hydroxyl groups is 1. The number of likely N-dealkylation sites (N-methyl/N-ethyl adjacent to an activating group) is 1. The van der Waals surface area contributed by atoms with Gasteiger partial charge in [0.25, 0.3) is 5.56 Å². The van der Waals surface area contributed by atoms with Gasteiger partial charge in [0, 0.05) is 22.0 Å². The maximum absolute atomic E-state index is 13.3. The van der Waals surface area contributed by atoms with E-state index < -0.39 is 0 Å². The van der Waals surface area contributed by atoms with Crippen LogP contribution in [0.5, 0.6) is 11.6 Å². The molecule has 170 valence electrons. The molecule has 0 aliphatic rings. The predicted octanol–water partition coefficient (Wildman–Crippen LogP) is 4.67. The molecule has 1 N–H and O–H groups in total. The molecule has 4 aromatic rings. The summed E-state index contributed by atoms with van der Waals surface area (Å²) in [4.78, 5) is 20.0. The lowest BCUT2D eigenvalue weighted by atomic mass is 10.1. The Bertz CT molecular complexity index is 1360. The van der Waals surface area contributed by atoms with Crippen molar-refractivity contribution >= 4 is 28.6 Å². The summed E-state index contributed by atoms with van der Waals surface area (Å²) in [5.74, 6) is 0.947. The molecule has 0 unspecified atom stereocenters. The molecule has 4 rings (SSSR count). The Morgan fingerprint density at radius 1 is 1.18 bits per heavy atom. The molecule has 33 heavy (non-hydrogen) atoms. The number of nitrogens with zero attached hydrogens (tertiary/aromatic N) is 3. The van der Waals surface area contributed by atoms with E-state index in [2.05, 4.69) is 4.99 Å². The smallest absolute Gasteiger partial charge is 0.265 e. The summed E-state index contributed by atoms with van der Waals surface area (Å²) in [7, 11) is 5.39. The van der Waals surface area contributed by atoms with Gasteiger partial charge in [0.2, 0.25) is 5.88 Å². The average Bonchev–Trinajstić information content (AvgIpc) is 3.33. The monoisotopic (exact) mass is 465 g/mol. The zero-order valence-electron chi connectivity index (χ0n) is 18.5. The number of aromatic nitrogens is 1. The van der Waals surface area contributed by atoms with Crippen molar-refractivity contribution in [2.45, 2.75) is 6.04 Å². The van der Waals surface area contributed by atoms with Crippen LogP contribution in [-0.4, -0.2) is 48.5 Å². The molecule has 1 atom stereocenters. The normalized spacial score (nSPS) is 12.6. The van der Waals surface area contributed by atoms with Gasteiger partial charge in [-0.1, -0.05) is 29.8 Å². The van der Waals surface area contributed by atoms with E-state index in [1.165, 1.54) is 11.7 Å². The van der Waals surface area contributed by atoms with Crippen LogP contribution in [0.2, 0.25) is 5.02 Å². The van der Waals surface area contributed by atoms with Crippen LogP contribution in [0.4, 0.5) is 0 Å². The first-order valence-corrected chi connectivity index (χ1v) is 10.7. The molecule has 0 aliphatic heterocycles. The quantitative estimate of drug-likeness (QED) is 0.401. The zero-order chi connectivity index (χ0) is 23.5. The number of methoxy groups -OCH3 is 1. The Kier molecular flexibility index (Phi) is 6.53. The van der Waals surface area contributed by atoms with Gasteiger partial charge in [-0.15, -0.1) is 0 Å². The van der Waals surface area contributed by atoms with Crippen LogP contribution in [0.25, 0.3) is 16.5 Å². The summed E-state index contributed by atoms with van der Waals surface area (Å²) < 4.78 is 12.2. The number of rotatable bonds is 7. The third-order valence-corrected chi connectivity index (χ3v) is 5.71. The van der Waals surface area contributed by atoms with Crippen LogP contribution in [0.15, 0.2) is 75.1 Å². The Morgan fingerprint density at radius 2 is 1.94 bits per heavy atom.